The van der Waals surface area contributed by atoms with E-state index in [2.05, 4.69) is 5.32 Å². The highest BCUT2D eigenvalue weighted by molar-refractivity contribution is 5.75. The second kappa shape index (κ2) is 6.96. The Labute approximate surface area is 106 Å². The highest BCUT2D eigenvalue weighted by Gasteiger charge is 2.18. The van der Waals surface area contributed by atoms with Gasteiger partial charge in [0.25, 0.3) is 0 Å². The molecule has 5 heteroatoms. The van der Waals surface area contributed by atoms with E-state index in [1.807, 2.05) is 0 Å². The molecule has 0 heterocycles. The van der Waals surface area contributed by atoms with Gasteiger partial charge in [-0.2, -0.15) is 0 Å². The molecule has 0 aliphatic heterocycles. The van der Waals surface area contributed by atoms with Gasteiger partial charge >= 0.3 is 5.97 Å². The van der Waals surface area contributed by atoms with Crippen molar-refractivity contribution in [2.75, 3.05) is 20.3 Å². The van der Waals surface area contributed by atoms with Gasteiger partial charge in [-0.05, 0) is 44.7 Å². The van der Waals surface area contributed by atoms with Gasteiger partial charge in [0.05, 0.1) is 6.61 Å². The Bertz CT molecular complexity index is 409. The van der Waals surface area contributed by atoms with Crippen molar-refractivity contribution in [3.63, 3.8) is 0 Å². The van der Waals surface area contributed by atoms with Crippen LogP contribution >= 0.6 is 0 Å². The second-order valence-electron chi connectivity index (χ2n) is 3.82. The summed E-state index contributed by atoms with van der Waals surface area (Å²) in [5.74, 6) is -0.116. The van der Waals surface area contributed by atoms with Crippen LogP contribution in [-0.4, -0.2) is 32.3 Å². The predicted octanol–water partition coefficient (Wildman–Crippen LogP) is 1.66. The van der Waals surface area contributed by atoms with Crippen LogP contribution in [0.3, 0.4) is 0 Å². The van der Waals surface area contributed by atoms with Gasteiger partial charge in [0.2, 0.25) is 0 Å². The van der Waals surface area contributed by atoms with Crippen molar-refractivity contribution in [3.05, 3.63) is 29.6 Å². The van der Waals surface area contributed by atoms with Crippen LogP contribution in [0, 0.1) is 12.7 Å². The lowest BCUT2D eigenvalue weighted by atomic mass is 10.2. The van der Waals surface area contributed by atoms with E-state index in [0.29, 0.717) is 17.9 Å². The fourth-order valence-corrected chi connectivity index (χ4v) is 1.40. The first-order valence-corrected chi connectivity index (χ1v) is 5.81. The normalized spacial score (nSPS) is 12.0. The number of halogens is 1. The van der Waals surface area contributed by atoms with Crippen LogP contribution in [0.5, 0.6) is 5.75 Å². The number of nitrogens with one attached hydrogen (secondary N) is 1. The first kappa shape index (κ1) is 14.4. The topological polar surface area (TPSA) is 47.6 Å². The molecule has 0 radical (unpaired) electrons. The maximum atomic E-state index is 13.1. The average Bonchev–Trinajstić information content (AvgIpc) is 2.34. The van der Waals surface area contributed by atoms with E-state index < -0.39 is 6.04 Å². The monoisotopic (exact) mass is 255 g/mol. The molecule has 0 amide bonds. The molecule has 0 aliphatic rings. The molecule has 0 bridgehead atoms. The molecule has 1 N–H and O–H groups in total. The van der Waals surface area contributed by atoms with Crippen LogP contribution in [0.15, 0.2) is 18.2 Å². The van der Waals surface area contributed by atoms with Crippen molar-refractivity contribution >= 4 is 5.97 Å². The number of carbonyl (C=O) groups excluding carboxylic acids is 1. The first-order chi connectivity index (χ1) is 8.58. The largest absolute Gasteiger partial charge is 0.491 e. The van der Waals surface area contributed by atoms with Gasteiger partial charge in [-0.1, -0.05) is 0 Å². The molecule has 1 unspecified atom stereocenters. The minimum Gasteiger partial charge on any atom is -0.491 e. The fraction of sp³-hybridized carbons (Fsp3) is 0.462. The van der Waals surface area contributed by atoms with Gasteiger partial charge in [-0.3, -0.25) is 4.79 Å². The number of ether oxygens (including phenoxy) is 2. The van der Waals surface area contributed by atoms with E-state index in [-0.39, 0.29) is 18.4 Å². The van der Waals surface area contributed by atoms with E-state index >= 15 is 0 Å². The maximum Gasteiger partial charge on any atom is 0.326 e. The number of hydrogen-bond acceptors (Lipinski definition) is 4. The van der Waals surface area contributed by atoms with Crippen molar-refractivity contribution in [3.8, 4) is 5.75 Å². The molecule has 0 spiro atoms. The van der Waals surface area contributed by atoms with Crippen LogP contribution < -0.4 is 10.1 Å². The van der Waals surface area contributed by atoms with Crippen molar-refractivity contribution in [2.45, 2.75) is 19.9 Å². The van der Waals surface area contributed by atoms with E-state index in [1.165, 1.54) is 12.1 Å². The zero-order chi connectivity index (χ0) is 13.5. The summed E-state index contributed by atoms with van der Waals surface area (Å²) in [6.07, 6.45) is 0. The molecular formula is C13H18FNO3. The number of carbonyl (C=O) groups is 1. The van der Waals surface area contributed by atoms with Gasteiger partial charge in [0.15, 0.2) is 0 Å². The highest BCUT2D eigenvalue weighted by atomic mass is 19.1. The lowest BCUT2D eigenvalue weighted by Gasteiger charge is -2.15. The van der Waals surface area contributed by atoms with Gasteiger partial charge in [-0.15, -0.1) is 0 Å². The number of benzene rings is 1. The molecule has 0 aromatic heterocycles. The van der Waals surface area contributed by atoms with E-state index in [1.54, 1.807) is 27.0 Å². The maximum absolute atomic E-state index is 13.1. The van der Waals surface area contributed by atoms with Crippen molar-refractivity contribution in [2.24, 2.45) is 0 Å². The van der Waals surface area contributed by atoms with Crippen LogP contribution in [-0.2, 0) is 9.53 Å². The van der Waals surface area contributed by atoms with Crippen LogP contribution in [0.4, 0.5) is 4.39 Å². The summed E-state index contributed by atoms with van der Waals surface area (Å²) in [4.78, 5) is 11.5. The summed E-state index contributed by atoms with van der Waals surface area (Å²) >= 11 is 0. The quantitative estimate of drug-likeness (QED) is 0.785. The first-order valence-electron chi connectivity index (χ1n) is 5.81. The Balaban J connectivity index is 2.56. The Morgan fingerprint density at radius 3 is 2.78 bits per heavy atom. The van der Waals surface area contributed by atoms with E-state index in [0.717, 1.165) is 0 Å². The fourth-order valence-electron chi connectivity index (χ4n) is 1.40. The van der Waals surface area contributed by atoms with Gasteiger partial charge in [0.1, 0.15) is 24.2 Å². The lowest BCUT2D eigenvalue weighted by molar-refractivity contribution is -0.146. The molecular weight excluding hydrogens is 237 g/mol. The minimum absolute atomic E-state index is 0.139. The van der Waals surface area contributed by atoms with Crippen LogP contribution in [0.1, 0.15) is 12.5 Å². The molecule has 1 aromatic carbocycles. The van der Waals surface area contributed by atoms with Crippen LogP contribution in [0.25, 0.3) is 0 Å². The summed E-state index contributed by atoms with van der Waals surface area (Å²) < 4.78 is 23.4. The Kier molecular flexibility index (Phi) is 5.58. The number of rotatable bonds is 6. The summed E-state index contributed by atoms with van der Waals surface area (Å²) in [6, 6.07) is 3.92. The summed E-state index contributed by atoms with van der Waals surface area (Å²) in [7, 11) is 1.65. The van der Waals surface area contributed by atoms with Crippen molar-refractivity contribution < 1.29 is 18.7 Å². The predicted molar refractivity (Wildman–Crippen MR) is 66.1 cm³/mol. The van der Waals surface area contributed by atoms with Gasteiger partial charge in [-0.25, -0.2) is 4.39 Å². The number of esters is 1. The third-order valence-electron chi connectivity index (χ3n) is 2.47. The Morgan fingerprint density at radius 1 is 1.50 bits per heavy atom. The summed E-state index contributed by atoms with van der Waals surface area (Å²) in [6.45, 7) is 3.87. The lowest BCUT2D eigenvalue weighted by Crippen LogP contribution is -2.40. The van der Waals surface area contributed by atoms with Crippen molar-refractivity contribution in [1.82, 2.24) is 5.32 Å². The van der Waals surface area contributed by atoms with E-state index in [4.69, 9.17) is 9.47 Å². The van der Waals surface area contributed by atoms with Crippen LogP contribution in [0.2, 0.25) is 0 Å². The van der Waals surface area contributed by atoms with E-state index in [9.17, 15) is 9.18 Å². The zero-order valence-electron chi connectivity index (χ0n) is 10.8. The molecule has 1 rings (SSSR count). The molecule has 1 aromatic rings. The highest BCUT2D eigenvalue weighted by Crippen LogP contribution is 2.16. The second-order valence-corrected chi connectivity index (χ2v) is 3.82. The number of hydrogen-bond donors (Lipinski definition) is 1. The molecule has 0 fully saturated rings. The third kappa shape index (κ3) is 4.00. The zero-order valence-corrected chi connectivity index (χ0v) is 10.8. The Hall–Kier alpha value is -1.62. The summed E-state index contributed by atoms with van der Waals surface area (Å²) in [5, 5.41) is 2.81. The summed E-state index contributed by atoms with van der Waals surface area (Å²) in [5.41, 5.74) is 0.504. The molecule has 4 nitrogen and oxygen atoms in total. The molecule has 0 aliphatic carbocycles. The third-order valence-corrected chi connectivity index (χ3v) is 2.47. The standard InChI is InChI=1S/C13H18FNO3/c1-4-17-13(16)12(15-3)8-18-10-5-6-11(14)9(2)7-10/h5-7,12,15H,4,8H2,1-3H3. The molecule has 0 saturated heterocycles. The number of aryl methyl sites for hydroxylation is 1. The molecule has 1 atom stereocenters. The van der Waals surface area contributed by atoms with Gasteiger partial charge < -0.3 is 14.8 Å². The van der Waals surface area contributed by atoms with Crippen molar-refractivity contribution in [1.29, 1.82) is 0 Å². The molecule has 100 valence electrons. The minimum atomic E-state index is -0.532. The average molecular weight is 255 g/mol. The van der Waals surface area contributed by atoms with Gasteiger partial charge in [0, 0.05) is 0 Å². The smallest absolute Gasteiger partial charge is 0.326 e. The number of likely N-dealkylation sites (N-methyl/N-ethyl adjacent to an activating group) is 1. The molecule has 0 saturated carbocycles. The SMILES string of the molecule is CCOC(=O)C(COc1ccc(F)c(C)c1)NC. The molecule has 18 heavy (non-hydrogen) atoms. The Morgan fingerprint density at radius 2 is 2.22 bits per heavy atom.